The molecule has 1 fully saturated rings. The van der Waals surface area contributed by atoms with Gasteiger partial charge in [-0.3, -0.25) is 4.79 Å². The molecule has 1 saturated carbocycles. The molecule has 20 heavy (non-hydrogen) atoms. The third-order valence-electron chi connectivity index (χ3n) is 3.80. The van der Waals surface area contributed by atoms with Crippen LogP contribution in [-0.2, 0) is 16.1 Å². The summed E-state index contributed by atoms with van der Waals surface area (Å²) in [6.07, 6.45) is 5.94. The Balaban J connectivity index is 2.25. The first kappa shape index (κ1) is 15.2. The maximum absolute atomic E-state index is 11.8. The van der Waals surface area contributed by atoms with Gasteiger partial charge in [-0.05, 0) is 25.7 Å². The van der Waals surface area contributed by atoms with E-state index in [-0.39, 0.29) is 11.7 Å². The van der Waals surface area contributed by atoms with E-state index in [1.54, 1.807) is 7.11 Å². The van der Waals surface area contributed by atoms with Gasteiger partial charge in [-0.15, -0.1) is 0 Å². The zero-order chi connectivity index (χ0) is 14.4. The zero-order valence-corrected chi connectivity index (χ0v) is 12.4. The van der Waals surface area contributed by atoms with Crippen LogP contribution >= 0.6 is 0 Å². The molecular formula is C15H24N2O3. The van der Waals surface area contributed by atoms with Crippen LogP contribution in [0.3, 0.4) is 0 Å². The van der Waals surface area contributed by atoms with E-state index in [4.69, 9.17) is 9.47 Å². The second kappa shape index (κ2) is 7.55. The molecule has 1 aliphatic carbocycles. The second-order valence-corrected chi connectivity index (χ2v) is 5.33. The van der Waals surface area contributed by atoms with Crippen molar-refractivity contribution in [2.75, 3.05) is 13.7 Å². The van der Waals surface area contributed by atoms with Crippen molar-refractivity contribution >= 4 is 0 Å². The number of nitrogens with zero attached hydrogens (tertiary/aromatic N) is 1. The molecule has 0 spiro atoms. The third kappa shape index (κ3) is 3.90. The van der Waals surface area contributed by atoms with Crippen LogP contribution in [0.25, 0.3) is 0 Å². The van der Waals surface area contributed by atoms with Gasteiger partial charge < -0.3 is 14.5 Å². The number of nitrogens with one attached hydrogen (secondary N) is 1. The van der Waals surface area contributed by atoms with E-state index in [0.717, 1.165) is 12.8 Å². The standard InChI is InChI=1S/C15H24N2O3/c1-3-20-14(11-7-5-4-6-8-11)15-16-12(10-19-2)9-13(18)17-15/h9,11,14H,3-8,10H2,1-2H3,(H,16,17,18). The Labute approximate surface area is 119 Å². The minimum atomic E-state index is -0.137. The molecule has 1 unspecified atom stereocenters. The lowest BCUT2D eigenvalue weighted by Crippen LogP contribution is -2.24. The average molecular weight is 280 g/mol. The molecule has 1 aromatic rings. The average Bonchev–Trinajstić information content (AvgIpc) is 2.45. The molecule has 5 heteroatoms. The van der Waals surface area contributed by atoms with E-state index < -0.39 is 0 Å². The van der Waals surface area contributed by atoms with E-state index >= 15 is 0 Å². The molecule has 2 rings (SSSR count). The smallest absolute Gasteiger partial charge is 0.251 e. The molecule has 0 amide bonds. The number of aromatic nitrogens is 2. The highest BCUT2D eigenvalue weighted by Gasteiger charge is 2.27. The highest BCUT2D eigenvalue weighted by Crippen LogP contribution is 2.35. The third-order valence-corrected chi connectivity index (χ3v) is 3.80. The Hall–Kier alpha value is -1.20. The van der Waals surface area contributed by atoms with Crippen molar-refractivity contribution in [3.8, 4) is 0 Å². The minimum Gasteiger partial charge on any atom is -0.378 e. The van der Waals surface area contributed by atoms with Crippen molar-refractivity contribution in [2.45, 2.75) is 51.7 Å². The summed E-state index contributed by atoms with van der Waals surface area (Å²) in [4.78, 5) is 19.1. The van der Waals surface area contributed by atoms with Crippen LogP contribution in [0.4, 0.5) is 0 Å². The molecule has 0 aliphatic heterocycles. The van der Waals surface area contributed by atoms with Gasteiger partial charge in [0.05, 0.1) is 12.3 Å². The summed E-state index contributed by atoms with van der Waals surface area (Å²) in [5.74, 6) is 1.10. The van der Waals surface area contributed by atoms with Gasteiger partial charge in [0.25, 0.3) is 5.56 Å². The number of hydrogen-bond acceptors (Lipinski definition) is 4. The Morgan fingerprint density at radius 1 is 1.40 bits per heavy atom. The molecule has 1 aliphatic rings. The summed E-state index contributed by atoms with van der Waals surface area (Å²) in [5, 5.41) is 0. The Morgan fingerprint density at radius 3 is 2.80 bits per heavy atom. The van der Waals surface area contributed by atoms with Crippen molar-refractivity contribution in [3.63, 3.8) is 0 Å². The molecule has 0 saturated heterocycles. The summed E-state index contributed by atoms with van der Waals surface area (Å²) >= 11 is 0. The molecule has 1 atom stereocenters. The fourth-order valence-electron chi connectivity index (χ4n) is 2.94. The summed E-state index contributed by atoms with van der Waals surface area (Å²) in [6, 6.07) is 1.48. The second-order valence-electron chi connectivity index (χ2n) is 5.33. The lowest BCUT2D eigenvalue weighted by atomic mass is 9.85. The molecular weight excluding hydrogens is 256 g/mol. The molecule has 0 aromatic carbocycles. The van der Waals surface area contributed by atoms with Gasteiger partial charge in [0, 0.05) is 19.8 Å². The Morgan fingerprint density at radius 2 is 2.15 bits per heavy atom. The van der Waals surface area contributed by atoms with Gasteiger partial charge in [0.15, 0.2) is 0 Å². The number of ether oxygens (including phenoxy) is 2. The number of aromatic amines is 1. The Kier molecular flexibility index (Phi) is 5.73. The lowest BCUT2D eigenvalue weighted by Gasteiger charge is -2.29. The Bertz CT molecular complexity index is 466. The molecule has 5 nitrogen and oxygen atoms in total. The molecule has 112 valence electrons. The predicted molar refractivity (Wildman–Crippen MR) is 76.5 cm³/mol. The van der Waals surface area contributed by atoms with E-state index in [1.807, 2.05) is 6.92 Å². The molecule has 0 bridgehead atoms. The van der Waals surface area contributed by atoms with Crippen LogP contribution in [0.5, 0.6) is 0 Å². The van der Waals surface area contributed by atoms with Gasteiger partial charge in [0.1, 0.15) is 11.9 Å². The van der Waals surface area contributed by atoms with E-state index in [2.05, 4.69) is 9.97 Å². The van der Waals surface area contributed by atoms with Crippen LogP contribution in [-0.4, -0.2) is 23.7 Å². The van der Waals surface area contributed by atoms with Crippen LogP contribution in [0.2, 0.25) is 0 Å². The summed E-state index contributed by atoms with van der Waals surface area (Å²) in [7, 11) is 1.60. The van der Waals surface area contributed by atoms with E-state index in [0.29, 0.717) is 30.7 Å². The summed E-state index contributed by atoms with van der Waals surface area (Å²) < 4.78 is 10.9. The fraction of sp³-hybridized carbons (Fsp3) is 0.733. The van der Waals surface area contributed by atoms with Crippen molar-refractivity contribution in [1.29, 1.82) is 0 Å². The maximum atomic E-state index is 11.8. The quantitative estimate of drug-likeness (QED) is 0.870. The number of rotatable bonds is 6. The first-order valence-corrected chi connectivity index (χ1v) is 7.45. The van der Waals surface area contributed by atoms with Gasteiger partial charge in [-0.2, -0.15) is 0 Å². The number of methoxy groups -OCH3 is 1. The normalized spacial score (nSPS) is 18.1. The van der Waals surface area contributed by atoms with Crippen LogP contribution in [0.1, 0.15) is 56.7 Å². The van der Waals surface area contributed by atoms with Gasteiger partial charge in [-0.1, -0.05) is 19.3 Å². The van der Waals surface area contributed by atoms with E-state index in [1.165, 1.54) is 25.3 Å². The maximum Gasteiger partial charge on any atom is 0.251 e. The lowest BCUT2D eigenvalue weighted by molar-refractivity contribution is -0.000688. The first-order valence-electron chi connectivity index (χ1n) is 7.45. The SMILES string of the molecule is CCOC(c1nc(COC)cc(=O)[nH]1)C1CCCCC1. The topological polar surface area (TPSA) is 64.2 Å². The van der Waals surface area contributed by atoms with Crippen molar-refractivity contribution in [1.82, 2.24) is 9.97 Å². The van der Waals surface area contributed by atoms with Crippen LogP contribution in [0, 0.1) is 5.92 Å². The summed E-state index contributed by atoms with van der Waals surface area (Å²) in [6.45, 7) is 2.95. The van der Waals surface area contributed by atoms with Crippen molar-refractivity contribution in [2.24, 2.45) is 5.92 Å². The predicted octanol–water partition coefficient (Wildman–Crippen LogP) is 2.57. The molecule has 0 radical (unpaired) electrons. The molecule has 1 heterocycles. The molecule has 1 N–H and O–H groups in total. The largest absolute Gasteiger partial charge is 0.378 e. The van der Waals surface area contributed by atoms with Crippen LogP contribution in [0.15, 0.2) is 10.9 Å². The van der Waals surface area contributed by atoms with Gasteiger partial charge in [-0.25, -0.2) is 4.98 Å². The minimum absolute atomic E-state index is 0.107. The van der Waals surface area contributed by atoms with Crippen molar-refractivity contribution < 1.29 is 9.47 Å². The molecule has 1 aromatic heterocycles. The summed E-state index contributed by atoms with van der Waals surface area (Å²) in [5.41, 5.74) is 0.523. The fourth-order valence-corrected chi connectivity index (χ4v) is 2.94. The zero-order valence-electron chi connectivity index (χ0n) is 12.4. The van der Waals surface area contributed by atoms with Crippen molar-refractivity contribution in [3.05, 3.63) is 27.9 Å². The first-order chi connectivity index (χ1) is 9.74. The highest BCUT2D eigenvalue weighted by molar-refractivity contribution is 5.05. The highest BCUT2D eigenvalue weighted by atomic mass is 16.5. The van der Waals surface area contributed by atoms with E-state index in [9.17, 15) is 4.79 Å². The van der Waals surface area contributed by atoms with Gasteiger partial charge >= 0.3 is 0 Å². The van der Waals surface area contributed by atoms with Gasteiger partial charge in [0.2, 0.25) is 0 Å². The monoisotopic (exact) mass is 280 g/mol. The number of H-pyrrole nitrogens is 1. The number of hydrogen-bond donors (Lipinski definition) is 1. The van der Waals surface area contributed by atoms with Crippen LogP contribution < -0.4 is 5.56 Å².